The molecule has 88 valence electrons. The van der Waals surface area contributed by atoms with Crippen LogP contribution in [0.15, 0.2) is 28.7 Å². The van der Waals surface area contributed by atoms with Gasteiger partial charge in [0, 0.05) is 11.3 Å². The Labute approximate surface area is 114 Å². The Bertz CT molecular complexity index is 587. The highest BCUT2D eigenvalue weighted by Gasteiger charge is 2.06. The summed E-state index contributed by atoms with van der Waals surface area (Å²) in [6.07, 6.45) is 0.894. The van der Waals surface area contributed by atoms with Gasteiger partial charge in [-0.05, 0) is 29.3 Å². The van der Waals surface area contributed by atoms with Crippen LogP contribution in [0.2, 0.25) is 0 Å². The van der Waals surface area contributed by atoms with Gasteiger partial charge in [0.1, 0.15) is 10.5 Å². The van der Waals surface area contributed by atoms with Crippen molar-refractivity contribution >= 4 is 28.1 Å². The first-order chi connectivity index (χ1) is 8.11. The van der Waals surface area contributed by atoms with Gasteiger partial charge in [0.25, 0.3) is 0 Å². The number of aromatic nitrogens is 2. The molecule has 0 radical (unpaired) electrons. The van der Waals surface area contributed by atoms with E-state index in [1.807, 2.05) is 0 Å². The van der Waals surface area contributed by atoms with Crippen LogP contribution in [0.4, 0.5) is 0 Å². The predicted molar refractivity (Wildman–Crippen MR) is 76.7 cm³/mol. The van der Waals surface area contributed by atoms with Crippen molar-refractivity contribution in [1.82, 2.24) is 9.97 Å². The van der Waals surface area contributed by atoms with Gasteiger partial charge in [-0.2, -0.15) is 0 Å². The number of halogens is 1. The van der Waals surface area contributed by atoms with Crippen molar-refractivity contribution in [2.24, 2.45) is 0 Å². The zero-order chi connectivity index (χ0) is 12.4. The molecule has 0 bridgehead atoms. The average Bonchev–Trinajstić information content (AvgIpc) is 2.33. The van der Waals surface area contributed by atoms with Crippen molar-refractivity contribution in [3.8, 4) is 11.4 Å². The van der Waals surface area contributed by atoms with Gasteiger partial charge >= 0.3 is 0 Å². The first-order valence-electron chi connectivity index (χ1n) is 5.47. The number of aryl methyl sites for hydroxylation is 2. The summed E-state index contributed by atoms with van der Waals surface area (Å²) in [6, 6.07) is 8.25. The first kappa shape index (κ1) is 12.5. The highest BCUT2D eigenvalue weighted by molar-refractivity contribution is 9.10. The van der Waals surface area contributed by atoms with E-state index in [0.29, 0.717) is 4.64 Å². The summed E-state index contributed by atoms with van der Waals surface area (Å²) in [5, 5.41) is 0. The number of nitrogens with zero attached hydrogens (tertiary/aromatic N) is 1. The molecule has 0 aliphatic rings. The van der Waals surface area contributed by atoms with Gasteiger partial charge in [-0.25, -0.2) is 4.98 Å². The van der Waals surface area contributed by atoms with Crippen molar-refractivity contribution in [2.45, 2.75) is 20.3 Å². The summed E-state index contributed by atoms with van der Waals surface area (Å²) in [5.41, 5.74) is 3.38. The molecule has 0 aliphatic heterocycles. The van der Waals surface area contributed by atoms with Crippen LogP contribution in [0.1, 0.15) is 18.2 Å². The lowest BCUT2D eigenvalue weighted by Crippen LogP contribution is -1.97. The second-order valence-corrected chi connectivity index (χ2v) is 5.08. The molecule has 1 N–H and O–H groups in total. The molecule has 17 heavy (non-hydrogen) atoms. The van der Waals surface area contributed by atoms with Gasteiger partial charge in [0.05, 0.1) is 4.47 Å². The molecule has 2 nitrogen and oxygen atoms in total. The lowest BCUT2D eigenvalue weighted by Gasteiger charge is -2.07. The third kappa shape index (κ3) is 2.64. The van der Waals surface area contributed by atoms with Crippen LogP contribution in [0.5, 0.6) is 0 Å². The fourth-order valence-electron chi connectivity index (χ4n) is 1.60. The molecule has 4 heteroatoms. The average molecular weight is 309 g/mol. The molecule has 1 aromatic heterocycles. The van der Waals surface area contributed by atoms with E-state index in [1.54, 1.807) is 0 Å². The Morgan fingerprint density at radius 3 is 2.53 bits per heavy atom. The van der Waals surface area contributed by atoms with Crippen LogP contribution >= 0.6 is 28.1 Å². The second kappa shape index (κ2) is 5.10. The summed E-state index contributed by atoms with van der Waals surface area (Å²) < 4.78 is 1.50. The standard InChI is InChI=1S/C13H13BrN2S/c1-3-10-11(14)13(17)16-12(15-10)9-6-4-8(2)5-7-9/h4-7H,3H2,1-2H3,(H,15,16,17). The molecule has 0 spiro atoms. The first-order valence-corrected chi connectivity index (χ1v) is 6.67. The molecule has 2 rings (SSSR count). The van der Waals surface area contributed by atoms with E-state index in [1.165, 1.54) is 5.56 Å². The molecule has 0 atom stereocenters. The summed E-state index contributed by atoms with van der Waals surface area (Å²) in [5.74, 6) is 0.829. The number of benzene rings is 1. The number of hydrogen-bond acceptors (Lipinski definition) is 2. The maximum absolute atomic E-state index is 5.24. The highest BCUT2D eigenvalue weighted by atomic mass is 79.9. The van der Waals surface area contributed by atoms with Gasteiger partial charge < -0.3 is 4.98 Å². The smallest absolute Gasteiger partial charge is 0.144 e. The predicted octanol–water partition coefficient (Wildman–Crippen LogP) is 4.44. The minimum absolute atomic E-state index is 0.608. The van der Waals surface area contributed by atoms with E-state index in [0.717, 1.165) is 28.0 Å². The van der Waals surface area contributed by atoms with Gasteiger partial charge in [-0.1, -0.05) is 49.0 Å². The maximum Gasteiger partial charge on any atom is 0.144 e. The third-order valence-corrected chi connectivity index (χ3v) is 4.03. The van der Waals surface area contributed by atoms with E-state index in [2.05, 4.69) is 64.0 Å². The van der Waals surface area contributed by atoms with Crippen LogP contribution in [-0.2, 0) is 6.42 Å². The van der Waals surface area contributed by atoms with E-state index in [9.17, 15) is 0 Å². The van der Waals surface area contributed by atoms with Crippen LogP contribution < -0.4 is 0 Å². The van der Waals surface area contributed by atoms with E-state index in [4.69, 9.17) is 12.2 Å². The number of hydrogen-bond donors (Lipinski definition) is 1. The quantitative estimate of drug-likeness (QED) is 0.831. The van der Waals surface area contributed by atoms with Crippen molar-refractivity contribution in [2.75, 3.05) is 0 Å². The van der Waals surface area contributed by atoms with Crippen molar-refractivity contribution < 1.29 is 0 Å². The van der Waals surface area contributed by atoms with Crippen LogP contribution in [-0.4, -0.2) is 9.97 Å². The normalized spacial score (nSPS) is 10.5. The van der Waals surface area contributed by atoms with Gasteiger partial charge in [0.15, 0.2) is 0 Å². The fraction of sp³-hybridized carbons (Fsp3) is 0.231. The van der Waals surface area contributed by atoms with E-state index in [-0.39, 0.29) is 0 Å². The zero-order valence-electron chi connectivity index (χ0n) is 9.75. The summed E-state index contributed by atoms with van der Waals surface area (Å²) in [4.78, 5) is 7.71. The summed E-state index contributed by atoms with van der Waals surface area (Å²) >= 11 is 8.70. The molecule has 2 aromatic rings. The molecular weight excluding hydrogens is 296 g/mol. The Morgan fingerprint density at radius 2 is 1.94 bits per heavy atom. The minimum atomic E-state index is 0.608. The molecular formula is C13H13BrN2S. The molecule has 1 heterocycles. The Morgan fingerprint density at radius 1 is 1.29 bits per heavy atom. The fourth-order valence-corrected chi connectivity index (χ4v) is 2.28. The molecule has 0 aliphatic carbocycles. The maximum atomic E-state index is 5.24. The molecule has 0 unspecified atom stereocenters. The minimum Gasteiger partial charge on any atom is -0.342 e. The number of H-pyrrole nitrogens is 1. The Kier molecular flexibility index (Phi) is 3.74. The molecule has 0 saturated heterocycles. The van der Waals surface area contributed by atoms with Crippen molar-refractivity contribution in [3.63, 3.8) is 0 Å². The van der Waals surface area contributed by atoms with Crippen molar-refractivity contribution in [1.29, 1.82) is 0 Å². The zero-order valence-corrected chi connectivity index (χ0v) is 12.2. The van der Waals surface area contributed by atoms with Crippen molar-refractivity contribution in [3.05, 3.63) is 44.6 Å². The molecule has 0 saturated carbocycles. The Balaban J connectivity index is 2.56. The van der Waals surface area contributed by atoms with E-state index >= 15 is 0 Å². The van der Waals surface area contributed by atoms with Crippen LogP contribution in [0, 0.1) is 11.6 Å². The van der Waals surface area contributed by atoms with Gasteiger partial charge in [-0.3, -0.25) is 0 Å². The highest BCUT2D eigenvalue weighted by Crippen LogP contribution is 2.21. The summed E-state index contributed by atoms with van der Waals surface area (Å²) in [6.45, 7) is 4.16. The van der Waals surface area contributed by atoms with Crippen LogP contribution in [0.3, 0.4) is 0 Å². The molecule has 0 amide bonds. The molecule has 0 fully saturated rings. The SMILES string of the molecule is CCc1[nH]c(-c2ccc(C)cc2)nc(=S)c1Br. The number of nitrogens with one attached hydrogen (secondary N) is 1. The molecule has 1 aromatic carbocycles. The Hall–Kier alpha value is -1.00. The topological polar surface area (TPSA) is 28.7 Å². The third-order valence-electron chi connectivity index (χ3n) is 2.61. The lowest BCUT2D eigenvalue weighted by atomic mass is 10.1. The monoisotopic (exact) mass is 308 g/mol. The van der Waals surface area contributed by atoms with E-state index < -0.39 is 0 Å². The second-order valence-electron chi connectivity index (χ2n) is 3.90. The largest absolute Gasteiger partial charge is 0.342 e. The summed E-state index contributed by atoms with van der Waals surface area (Å²) in [7, 11) is 0. The number of rotatable bonds is 2. The lowest BCUT2D eigenvalue weighted by molar-refractivity contribution is 0.983. The van der Waals surface area contributed by atoms with Gasteiger partial charge in [0.2, 0.25) is 0 Å². The van der Waals surface area contributed by atoms with Crippen LogP contribution in [0.25, 0.3) is 11.4 Å². The van der Waals surface area contributed by atoms with Gasteiger partial charge in [-0.15, -0.1) is 0 Å². The number of aromatic amines is 1.